The van der Waals surface area contributed by atoms with Gasteiger partial charge in [0, 0.05) is 5.69 Å². The molecule has 3 aromatic carbocycles. The van der Waals surface area contributed by atoms with Gasteiger partial charge in [-0.25, -0.2) is 9.59 Å². The van der Waals surface area contributed by atoms with Crippen molar-refractivity contribution in [3.63, 3.8) is 0 Å². The lowest BCUT2D eigenvalue weighted by molar-refractivity contribution is -0.122. The van der Waals surface area contributed by atoms with Gasteiger partial charge in [0.05, 0.1) is 35.3 Å². The van der Waals surface area contributed by atoms with Gasteiger partial charge in [0.1, 0.15) is 0 Å². The van der Waals surface area contributed by atoms with Gasteiger partial charge >= 0.3 is 11.9 Å². The number of nitrogens with one attached hydrogen (secondary N) is 1. The first-order valence-corrected chi connectivity index (χ1v) is 14.5. The number of hydrogen-bond acceptors (Lipinski definition) is 7. The lowest BCUT2D eigenvalue weighted by Gasteiger charge is -2.28. The second-order valence-electron chi connectivity index (χ2n) is 11.4. The van der Waals surface area contributed by atoms with Crippen LogP contribution in [0, 0.1) is 17.8 Å². The maximum absolute atomic E-state index is 13.4. The molecule has 3 amide bonds. The van der Waals surface area contributed by atoms with E-state index in [9.17, 15) is 24.0 Å². The van der Waals surface area contributed by atoms with E-state index in [1.54, 1.807) is 24.3 Å². The van der Waals surface area contributed by atoms with Crippen LogP contribution in [0.25, 0.3) is 0 Å². The fraction of sp³-hybridized carbons (Fsp3) is 0.324. The molecule has 9 nitrogen and oxygen atoms in total. The molecule has 222 valence electrons. The normalized spacial score (nSPS) is 19.6. The van der Waals surface area contributed by atoms with Gasteiger partial charge in [-0.05, 0) is 79.1 Å². The SMILES string of the molecule is CC(C)COC(=O)c1ccc(NC(=O)COC(=O)c2cccc(N3C(=O)[C@H]4C[C@@H](c5ccccc5)CC[C@H]4C3=O)c2)cc1. The third-order valence-electron chi connectivity index (χ3n) is 7.82. The van der Waals surface area contributed by atoms with Gasteiger partial charge in [-0.2, -0.15) is 0 Å². The molecular formula is C34H34N2O7. The summed E-state index contributed by atoms with van der Waals surface area (Å²) in [4.78, 5) is 65.1. The van der Waals surface area contributed by atoms with Crippen LogP contribution in [0.2, 0.25) is 0 Å². The van der Waals surface area contributed by atoms with Crippen LogP contribution in [0.3, 0.4) is 0 Å². The van der Waals surface area contributed by atoms with E-state index in [2.05, 4.69) is 17.4 Å². The lowest BCUT2D eigenvalue weighted by Crippen LogP contribution is -2.31. The third kappa shape index (κ3) is 6.83. The molecule has 5 rings (SSSR count). The molecule has 1 aliphatic carbocycles. The van der Waals surface area contributed by atoms with E-state index in [0.717, 1.165) is 6.42 Å². The fourth-order valence-electron chi connectivity index (χ4n) is 5.66. The molecule has 0 aromatic heterocycles. The molecule has 0 radical (unpaired) electrons. The van der Waals surface area contributed by atoms with E-state index >= 15 is 0 Å². The van der Waals surface area contributed by atoms with Crippen molar-refractivity contribution in [2.24, 2.45) is 17.8 Å². The Hall–Kier alpha value is -4.79. The summed E-state index contributed by atoms with van der Waals surface area (Å²) < 4.78 is 10.4. The van der Waals surface area contributed by atoms with Crippen LogP contribution in [-0.2, 0) is 23.9 Å². The highest BCUT2D eigenvalue weighted by molar-refractivity contribution is 6.22. The maximum atomic E-state index is 13.4. The maximum Gasteiger partial charge on any atom is 0.338 e. The van der Waals surface area contributed by atoms with Gasteiger partial charge in [0.2, 0.25) is 11.8 Å². The lowest BCUT2D eigenvalue weighted by atomic mass is 9.73. The summed E-state index contributed by atoms with van der Waals surface area (Å²) in [6.45, 7) is 3.65. The summed E-state index contributed by atoms with van der Waals surface area (Å²) in [5.41, 5.74) is 2.38. The Kier molecular flexibility index (Phi) is 8.99. The van der Waals surface area contributed by atoms with Gasteiger partial charge < -0.3 is 14.8 Å². The Balaban J connectivity index is 1.17. The quantitative estimate of drug-likeness (QED) is 0.266. The second kappa shape index (κ2) is 13.0. The molecule has 43 heavy (non-hydrogen) atoms. The van der Waals surface area contributed by atoms with Crippen molar-refractivity contribution in [2.45, 2.75) is 39.0 Å². The number of anilines is 2. The number of hydrogen-bond donors (Lipinski definition) is 1. The van der Waals surface area contributed by atoms with Crippen molar-refractivity contribution in [1.29, 1.82) is 0 Å². The molecule has 2 aliphatic rings. The molecule has 1 saturated heterocycles. The molecule has 1 heterocycles. The minimum atomic E-state index is -0.763. The number of imide groups is 1. The number of carbonyl (C=O) groups excluding carboxylic acids is 5. The third-order valence-corrected chi connectivity index (χ3v) is 7.82. The zero-order valence-electron chi connectivity index (χ0n) is 24.2. The van der Waals surface area contributed by atoms with Crippen LogP contribution in [0.1, 0.15) is 65.3 Å². The summed E-state index contributed by atoms with van der Waals surface area (Å²) in [7, 11) is 0. The molecule has 2 fully saturated rings. The van der Waals surface area contributed by atoms with E-state index < -0.39 is 30.4 Å². The molecular weight excluding hydrogens is 548 g/mol. The highest BCUT2D eigenvalue weighted by Crippen LogP contribution is 2.45. The van der Waals surface area contributed by atoms with Crippen molar-refractivity contribution in [1.82, 2.24) is 0 Å². The van der Waals surface area contributed by atoms with Crippen LogP contribution in [0.15, 0.2) is 78.9 Å². The van der Waals surface area contributed by atoms with Crippen LogP contribution in [0.5, 0.6) is 0 Å². The van der Waals surface area contributed by atoms with E-state index in [4.69, 9.17) is 9.47 Å². The van der Waals surface area contributed by atoms with E-state index in [-0.39, 0.29) is 35.1 Å². The van der Waals surface area contributed by atoms with Gasteiger partial charge in [-0.1, -0.05) is 50.2 Å². The van der Waals surface area contributed by atoms with Gasteiger partial charge in [0.15, 0.2) is 6.61 Å². The number of rotatable bonds is 9. The highest BCUT2D eigenvalue weighted by Gasteiger charge is 2.50. The summed E-state index contributed by atoms with van der Waals surface area (Å²) in [6, 6.07) is 22.4. The van der Waals surface area contributed by atoms with Crippen molar-refractivity contribution in [3.8, 4) is 0 Å². The predicted molar refractivity (Wildman–Crippen MR) is 159 cm³/mol. The van der Waals surface area contributed by atoms with Crippen LogP contribution < -0.4 is 10.2 Å². The molecule has 1 aliphatic heterocycles. The largest absolute Gasteiger partial charge is 0.462 e. The van der Waals surface area contributed by atoms with Gasteiger partial charge in [-0.3, -0.25) is 19.3 Å². The van der Waals surface area contributed by atoms with Crippen molar-refractivity contribution >= 4 is 41.0 Å². The topological polar surface area (TPSA) is 119 Å². The Morgan fingerprint density at radius 1 is 0.814 bits per heavy atom. The van der Waals surface area contributed by atoms with E-state index in [1.165, 1.54) is 34.7 Å². The smallest absolute Gasteiger partial charge is 0.338 e. The Morgan fingerprint density at radius 2 is 1.51 bits per heavy atom. The average molecular weight is 583 g/mol. The van der Waals surface area contributed by atoms with Crippen LogP contribution in [0.4, 0.5) is 11.4 Å². The Labute approximate surface area is 250 Å². The molecule has 9 heteroatoms. The Bertz CT molecular complexity index is 1520. The number of carbonyl (C=O) groups is 5. The first-order valence-electron chi connectivity index (χ1n) is 14.5. The number of esters is 2. The molecule has 3 atom stereocenters. The molecule has 0 bridgehead atoms. The van der Waals surface area contributed by atoms with Crippen LogP contribution in [-0.4, -0.2) is 42.9 Å². The molecule has 0 unspecified atom stereocenters. The summed E-state index contributed by atoms with van der Waals surface area (Å²) >= 11 is 0. The van der Waals surface area contributed by atoms with Crippen molar-refractivity contribution in [3.05, 3.63) is 95.6 Å². The first-order chi connectivity index (χ1) is 20.7. The highest BCUT2D eigenvalue weighted by atomic mass is 16.5. The summed E-state index contributed by atoms with van der Waals surface area (Å²) in [5, 5.41) is 2.61. The first kappa shape index (κ1) is 29.7. The van der Waals surface area contributed by atoms with Crippen molar-refractivity contribution < 1.29 is 33.4 Å². The number of ether oxygens (including phenoxy) is 2. The van der Waals surface area contributed by atoms with Crippen LogP contribution >= 0.6 is 0 Å². The number of fused-ring (bicyclic) bond motifs is 1. The van der Waals surface area contributed by atoms with E-state index in [0.29, 0.717) is 36.4 Å². The van der Waals surface area contributed by atoms with Crippen molar-refractivity contribution in [2.75, 3.05) is 23.4 Å². The molecule has 3 aromatic rings. The Morgan fingerprint density at radius 3 is 2.23 bits per heavy atom. The minimum absolute atomic E-state index is 0.118. The second-order valence-corrected chi connectivity index (χ2v) is 11.4. The van der Waals surface area contributed by atoms with Gasteiger partial charge in [0.25, 0.3) is 5.91 Å². The van der Waals surface area contributed by atoms with E-state index in [1.807, 2.05) is 32.0 Å². The average Bonchev–Trinajstić information content (AvgIpc) is 3.28. The minimum Gasteiger partial charge on any atom is -0.462 e. The molecule has 0 spiro atoms. The molecule has 1 N–H and O–H groups in total. The number of benzene rings is 3. The standard InChI is InChI=1S/C34H34N2O7/c1-21(2)19-42-33(40)23-11-14-26(15-12-23)35-30(37)20-43-34(41)25-9-6-10-27(17-25)36-31(38)28-16-13-24(18-29(28)32(36)39)22-7-4-3-5-8-22/h3-12,14-15,17,21,24,28-29H,13,16,18-20H2,1-2H3,(H,35,37)/t24-,28+,29-/m0/s1. The fourth-order valence-corrected chi connectivity index (χ4v) is 5.66. The number of amides is 3. The summed E-state index contributed by atoms with van der Waals surface area (Å²) in [6.07, 6.45) is 2.08. The molecule has 1 saturated carbocycles. The number of nitrogens with zero attached hydrogens (tertiary/aromatic N) is 1. The summed E-state index contributed by atoms with van der Waals surface area (Å²) in [5.74, 6) is -2.61. The van der Waals surface area contributed by atoms with Gasteiger partial charge in [-0.15, -0.1) is 0 Å². The zero-order valence-corrected chi connectivity index (χ0v) is 24.2. The monoisotopic (exact) mass is 582 g/mol. The zero-order chi connectivity index (χ0) is 30.5. The predicted octanol–water partition coefficient (Wildman–Crippen LogP) is 5.37.